The number of aromatic nitrogens is 2. The first-order valence-electron chi connectivity index (χ1n) is 6.58. The number of para-hydroxylation sites is 1. The van der Waals surface area contributed by atoms with Crippen molar-refractivity contribution in [3.63, 3.8) is 0 Å². The van der Waals surface area contributed by atoms with Crippen molar-refractivity contribution >= 4 is 11.0 Å². The highest BCUT2D eigenvalue weighted by Gasteiger charge is 2.10. The minimum atomic E-state index is 0.515. The van der Waals surface area contributed by atoms with Crippen molar-refractivity contribution in [1.82, 2.24) is 9.55 Å². The van der Waals surface area contributed by atoms with Gasteiger partial charge in [0.25, 0.3) is 0 Å². The number of pyridine rings is 1. The number of fused-ring (bicyclic) bond motifs is 1. The Morgan fingerprint density at radius 3 is 2.80 bits per heavy atom. The molecule has 0 bridgehead atoms. The highest BCUT2D eigenvalue weighted by atomic mass is 16.5. The molecule has 0 aliphatic carbocycles. The van der Waals surface area contributed by atoms with E-state index in [4.69, 9.17) is 10.5 Å². The van der Waals surface area contributed by atoms with Gasteiger partial charge in [-0.15, -0.1) is 0 Å². The first-order valence-corrected chi connectivity index (χ1v) is 6.58. The molecule has 102 valence electrons. The minimum Gasteiger partial charge on any atom is -0.496 e. The molecule has 2 aromatic heterocycles. The normalized spacial score (nSPS) is 10.9. The van der Waals surface area contributed by atoms with E-state index in [-0.39, 0.29) is 0 Å². The van der Waals surface area contributed by atoms with Crippen molar-refractivity contribution in [3.05, 3.63) is 59.9 Å². The fourth-order valence-corrected chi connectivity index (χ4v) is 2.50. The zero-order valence-corrected chi connectivity index (χ0v) is 11.4. The van der Waals surface area contributed by atoms with Crippen LogP contribution in [0.3, 0.4) is 0 Å². The largest absolute Gasteiger partial charge is 0.496 e. The molecule has 0 amide bonds. The summed E-state index contributed by atoms with van der Waals surface area (Å²) < 4.78 is 7.52. The highest BCUT2D eigenvalue weighted by Crippen LogP contribution is 2.23. The van der Waals surface area contributed by atoms with Crippen molar-refractivity contribution in [3.8, 4) is 5.75 Å². The van der Waals surface area contributed by atoms with E-state index in [1.54, 1.807) is 13.3 Å². The second kappa shape index (κ2) is 5.35. The van der Waals surface area contributed by atoms with Gasteiger partial charge in [-0.3, -0.25) is 0 Å². The van der Waals surface area contributed by atoms with Crippen LogP contribution in [0.1, 0.15) is 11.1 Å². The summed E-state index contributed by atoms with van der Waals surface area (Å²) in [5.41, 5.74) is 9.01. The lowest BCUT2D eigenvalue weighted by molar-refractivity contribution is 0.408. The Bertz CT molecular complexity index is 733. The lowest BCUT2D eigenvalue weighted by Gasteiger charge is -2.09. The Labute approximate surface area is 117 Å². The summed E-state index contributed by atoms with van der Waals surface area (Å²) >= 11 is 0. The van der Waals surface area contributed by atoms with E-state index in [0.29, 0.717) is 6.54 Å². The monoisotopic (exact) mass is 267 g/mol. The lowest BCUT2D eigenvalue weighted by atomic mass is 10.2. The van der Waals surface area contributed by atoms with Crippen LogP contribution in [0.2, 0.25) is 0 Å². The number of methoxy groups -OCH3 is 1. The van der Waals surface area contributed by atoms with Crippen molar-refractivity contribution in [2.75, 3.05) is 7.11 Å². The van der Waals surface area contributed by atoms with Crippen molar-refractivity contribution in [1.29, 1.82) is 0 Å². The third-order valence-electron chi connectivity index (χ3n) is 3.47. The molecule has 2 heterocycles. The van der Waals surface area contributed by atoms with E-state index in [9.17, 15) is 0 Å². The van der Waals surface area contributed by atoms with Crippen molar-refractivity contribution in [2.24, 2.45) is 5.73 Å². The number of hydrogen-bond acceptors (Lipinski definition) is 3. The van der Waals surface area contributed by atoms with Crippen LogP contribution in [0.15, 0.2) is 48.8 Å². The maximum absolute atomic E-state index is 5.81. The number of rotatable bonds is 4. The first-order chi connectivity index (χ1) is 9.83. The molecular weight excluding hydrogens is 250 g/mol. The standard InChI is InChI=1S/C16H17N3O/c1-20-15-7-3-2-5-12(15)10-19-11-13(9-17)14-6-4-8-18-16(14)19/h2-8,11H,9-10,17H2,1H3. The topological polar surface area (TPSA) is 53.1 Å². The van der Waals surface area contributed by atoms with Gasteiger partial charge in [0.2, 0.25) is 0 Å². The van der Waals surface area contributed by atoms with Gasteiger partial charge in [-0.05, 0) is 23.8 Å². The van der Waals surface area contributed by atoms with E-state index in [1.165, 1.54) is 0 Å². The van der Waals surface area contributed by atoms with Crippen LogP contribution in [-0.2, 0) is 13.1 Å². The molecule has 0 atom stereocenters. The average Bonchev–Trinajstić information content (AvgIpc) is 2.86. The molecule has 0 saturated heterocycles. The fourth-order valence-electron chi connectivity index (χ4n) is 2.50. The maximum atomic E-state index is 5.81. The molecule has 4 nitrogen and oxygen atoms in total. The Morgan fingerprint density at radius 2 is 2.00 bits per heavy atom. The van der Waals surface area contributed by atoms with E-state index in [2.05, 4.69) is 27.9 Å². The minimum absolute atomic E-state index is 0.515. The van der Waals surface area contributed by atoms with Crippen LogP contribution in [0.4, 0.5) is 0 Å². The lowest BCUT2D eigenvalue weighted by Crippen LogP contribution is -2.01. The molecule has 0 fully saturated rings. The molecule has 3 aromatic rings. The van der Waals surface area contributed by atoms with E-state index in [1.807, 2.05) is 24.3 Å². The van der Waals surface area contributed by atoms with Crippen LogP contribution < -0.4 is 10.5 Å². The van der Waals surface area contributed by atoms with Crippen LogP contribution in [0.5, 0.6) is 5.75 Å². The van der Waals surface area contributed by atoms with E-state index >= 15 is 0 Å². The van der Waals surface area contributed by atoms with E-state index < -0.39 is 0 Å². The van der Waals surface area contributed by atoms with Crippen LogP contribution in [0.25, 0.3) is 11.0 Å². The van der Waals surface area contributed by atoms with Crippen LogP contribution >= 0.6 is 0 Å². The van der Waals surface area contributed by atoms with Gasteiger partial charge < -0.3 is 15.0 Å². The Morgan fingerprint density at radius 1 is 1.15 bits per heavy atom. The molecule has 3 rings (SSSR count). The number of nitrogens with two attached hydrogens (primary N) is 1. The molecule has 0 unspecified atom stereocenters. The molecule has 0 radical (unpaired) electrons. The Balaban J connectivity index is 2.07. The highest BCUT2D eigenvalue weighted by molar-refractivity contribution is 5.80. The molecule has 0 aliphatic rings. The van der Waals surface area contributed by atoms with E-state index in [0.717, 1.165) is 34.5 Å². The van der Waals surface area contributed by atoms with Gasteiger partial charge in [0.05, 0.1) is 13.7 Å². The predicted molar refractivity (Wildman–Crippen MR) is 79.7 cm³/mol. The Kier molecular flexibility index (Phi) is 3.39. The first kappa shape index (κ1) is 12.7. The summed E-state index contributed by atoms with van der Waals surface area (Å²) in [4.78, 5) is 4.47. The van der Waals surface area contributed by atoms with Gasteiger partial charge >= 0.3 is 0 Å². The third kappa shape index (κ3) is 2.14. The molecule has 4 heteroatoms. The summed E-state index contributed by atoms with van der Waals surface area (Å²) in [6.45, 7) is 1.23. The quantitative estimate of drug-likeness (QED) is 0.790. The summed E-state index contributed by atoms with van der Waals surface area (Å²) in [6.07, 6.45) is 3.88. The number of hydrogen-bond donors (Lipinski definition) is 1. The van der Waals surface area contributed by atoms with Gasteiger partial charge in [-0.2, -0.15) is 0 Å². The fraction of sp³-hybridized carbons (Fsp3) is 0.188. The zero-order valence-electron chi connectivity index (χ0n) is 11.4. The molecule has 0 saturated carbocycles. The van der Waals surface area contributed by atoms with Gasteiger partial charge in [-0.1, -0.05) is 18.2 Å². The van der Waals surface area contributed by atoms with Crippen molar-refractivity contribution in [2.45, 2.75) is 13.1 Å². The second-order valence-electron chi connectivity index (χ2n) is 4.67. The number of benzene rings is 1. The third-order valence-corrected chi connectivity index (χ3v) is 3.47. The Hall–Kier alpha value is -2.33. The second-order valence-corrected chi connectivity index (χ2v) is 4.67. The molecule has 0 spiro atoms. The smallest absolute Gasteiger partial charge is 0.140 e. The van der Waals surface area contributed by atoms with Crippen LogP contribution in [0, 0.1) is 0 Å². The molecule has 0 aliphatic heterocycles. The van der Waals surface area contributed by atoms with Crippen LogP contribution in [-0.4, -0.2) is 16.7 Å². The molecular formula is C16H17N3O. The summed E-state index contributed by atoms with van der Waals surface area (Å²) in [6, 6.07) is 12.0. The predicted octanol–water partition coefficient (Wildman–Crippen LogP) is 2.55. The van der Waals surface area contributed by atoms with Crippen molar-refractivity contribution < 1.29 is 4.74 Å². The maximum Gasteiger partial charge on any atom is 0.140 e. The number of nitrogens with zero attached hydrogens (tertiary/aromatic N) is 2. The number of ether oxygens (including phenoxy) is 1. The van der Waals surface area contributed by atoms with Gasteiger partial charge in [0.15, 0.2) is 0 Å². The summed E-state index contributed by atoms with van der Waals surface area (Å²) in [5.74, 6) is 0.888. The van der Waals surface area contributed by atoms with Gasteiger partial charge in [0, 0.05) is 29.9 Å². The molecule has 2 N–H and O–H groups in total. The average molecular weight is 267 g/mol. The zero-order chi connectivity index (χ0) is 13.9. The molecule has 20 heavy (non-hydrogen) atoms. The van der Waals surface area contributed by atoms with Gasteiger partial charge in [0.1, 0.15) is 11.4 Å². The summed E-state index contributed by atoms with van der Waals surface area (Å²) in [7, 11) is 1.69. The SMILES string of the molecule is COc1ccccc1Cn1cc(CN)c2cccnc21. The molecule has 1 aromatic carbocycles. The summed E-state index contributed by atoms with van der Waals surface area (Å²) in [5, 5.41) is 1.12. The van der Waals surface area contributed by atoms with Gasteiger partial charge in [-0.25, -0.2) is 4.98 Å².